The van der Waals surface area contributed by atoms with Gasteiger partial charge in [0.25, 0.3) is 0 Å². The highest BCUT2D eigenvalue weighted by molar-refractivity contribution is 6.15. The Morgan fingerprint density at radius 3 is 2.68 bits per heavy atom. The topological polar surface area (TPSA) is 96.5 Å². The van der Waals surface area contributed by atoms with Gasteiger partial charge in [0.15, 0.2) is 11.2 Å². The number of benzene rings is 1. The number of rotatable bonds is 5. The number of nitrogens with zero attached hydrogens (tertiary/aromatic N) is 2. The minimum Gasteiger partial charge on any atom is -0.480 e. The number of ketones is 1. The van der Waals surface area contributed by atoms with E-state index in [-0.39, 0.29) is 12.0 Å². The molecule has 0 spiro atoms. The summed E-state index contributed by atoms with van der Waals surface area (Å²) < 4.78 is 0. The largest absolute Gasteiger partial charge is 0.480 e. The molecule has 2 unspecified atom stereocenters. The quantitative estimate of drug-likeness (QED) is 0.639. The van der Waals surface area contributed by atoms with Crippen LogP contribution in [0, 0.1) is 5.41 Å². The molecule has 6 heteroatoms. The smallest absolute Gasteiger partial charge is 0.319 e. The first-order valence-corrected chi connectivity index (χ1v) is 8.21. The van der Waals surface area contributed by atoms with Crippen molar-refractivity contribution in [1.82, 2.24) is 4.98 Å². The van der Waals surface area contributed by atoms with E-state index in [4.69, 9.17) is 5.73 Å². The van der Waals surface area contributed by atoms with Gasteiger partial charge >= 0.3 is 5.97 Å². The molecule has 1 heterocycles. The number of hydrogen-bond acceptors (Lipinski definition) is 5. The van der Waals surface area contributed by atoms with Crippen molar-refractivity contribution in [3.8, 4) is 0 Å². The summed E-state index contributed by atoms with van der Waals surface area (Å²) in [6, 6.07) is 9.63. The van der Waals surface area contributed by atoms with Crippen LogP contribution in [0.25, 0.3) is 0 Å². The number of aliphatic carboxylic acids is 1. The number of carboxylic acid groups (broad SMARTS) is 1. The number of hydrogen-bond donors (Lipinski definition) is 2. The Balaban J connectivity index is 2.14. The first-order valence-electron chi connectivity index (χ1n) is 8.21. The number of anilines is 1. The Morgan fingerprint density at radius 1 is 1.32 bits per heavy atom. The van der Waals surface area contributed by atoms with Crippen LogP contribution in [-0.2, 0) is 11.2 Å². The number of fused-ring (bicyclic) bond motifs is 1. The number of carboxylic acids is 1. The van der Waals surface area contributed by atoms with Gasteiger partial charge in [-0.25, -0.2) is 4.98 Å². The molecule has 0 amide bonds. The third-order valence-electron chi connectivity index (χ3n) is 5.04. The molecule has 1 aliphatic carbocycles. The number of carbonyl (C=O) groups is 2. The van der Waals surface area contributed by atoms with E-state index >= 15 is 0 Å². The lowest BCUT2D eigenvalue weighted by Gasteiger charge is -2.29. The molecule has 3 N–H and O–H groups in total. The van der Waals surface area contributed by atoms with Crippen molar-refractivity contribution in [1.29, 1.82) is 0 Å². The molecular weight excluding hydrogens is 318 g/mol. The van der Waals surface area contributed by atoms with Gasteiger partial charge in [-0.2, -0.15) is 0 Å². The molecule has 130 valence electrons. The van der Waals surface area contributed by atoms with Crippen LogP contribution in [0.5, 0.6) is 0 Å². The molecule has 0 saturated carbocycles. The second kappa shape index (κ2) is 6.29. The second-order valence-electron chi connectivity index (χ2n) is 6.35. The van der Waals surface area contributed by atoms with Crippen LogP contribution in [-0.4, -0.2) is 35.4 Å². The lowest BCUT2D eigenvalue weighted by Crippen LogP contribution is -2.46. The predicted molar refractivity (Wildman–Crippen MR) is 94.7 cm³/mol. The lowest BCUT2D eigenvalue weighted by molar-refractivity contribution is -0.146. The van der Waals surface area contributed by atoms with Crippen LogP contribution in [0.4, 0.5) is 5.82 Å². The molecule has 0 aliphatic heterocycles. The SMILES string of the molecule is CCN(C)c1ncccc1C(=O)C1(C(=O)O)Cc2ccccc2C1N. The summed E-state index contributed by atoms with van der Waals surface area (Å²) in [5.74, 6) is -1.22. The molecule has 25 heavy (non-hydrogen) atoms. The van der Waals surface area contributed by atoms with Crippen LogP contribution < -0.4 is 10.6 Å². The fourth-order valence-corrected chi connectivity index (χ4v) is 3.47. The third-order valence-corrected chi connectivity index (χ3v) is 5.04. The Labute approximate surface area is 146 Å². The van der Waals surface area contributed by atoms with Gasteiger partial charge in [0.1, 0.15) is 5.82 Å². The summed E-state index contributed by atoms with van der Waals surface area (Å²) in [4.78, 5) is 31.7. The predicted octanol–water partition coefficient (Wildman–Crippen LogP) is 2.05. The zero-order valence-electron chi connectivity index (χ0n) is 14.3. The maximum absolute atomic E-state index is 13.4. The lowest BCUT2D eigenvalue weighted by atomic mass is 9.74. The van der Waals surface area contributed by atoms with Crippen molar-refractivity contribution < 1.29 is 14.7 Å². The Kier molecular flexibility index (Phi) is 4.30. The first kappa shape index (κ1) is 17.1. The highest BCUT2D eigenvalue weighted by Crippen LogP contribution is 2.47. The number of Topliss-reactive ketones (excluding diaryl/α,β-unsaturated/α-hetero) is 1. The standard InChI is InChI=1S/C19H21N3O3/c1-3-22(2)17-14(9-6-10-21-17)16(23)19(18(24)25)11-12-7-4-5-8-13(12)15(19)20/h4-10,15H,3,11,20H2,1-2H3,(H,24,25). The fourth-order valence-electron chi connectivity index (χ4n) is 3.47. The maximum atomic E-state index is 13.4. The molecule has 1 aromatic carbocycles. The summed E-state index contributed by atoms with van der Waals surface area (Å²) >= 11 is 0. The van der Waals surface area contributed by atoms with E-state index in [0.29, 0.717) is 17.9 Å². The molecule has 0 radical (unpaired) electrons. The van der Waals surface area contributed by atoms with Crippen LogP contribution in [0.15, 0.2) is 42.6 Å². The van der Waals surface area contributed by atoms with Crippen molar-refractivity contribution in [3.63, 3.8) is 0 Å². The van der Waals surface area contributed by atoms with Crippen molar-refractivity contribution in [3.05, 3.63) is 59.3 Å². The molecule has 0 bridgehead atoms. The Morgan fingerprint density at radius 2 is 2.04 bits per heavy atom. The molecular formula is C19H21N3O3. The van der Waals surface area contributed by atoms with E-state index in [1.165, 1.54) is 0 Å². The van der Waals surface area contributed by atoms with Gasteiger partial charge in [0, 0.05) is 19.8 Å². The van der Waals surface area contributed by atoms with E-state index in [2.05, 4.69) is 4.98 Å². The Hall–Kier alpha value is -2.73. The number of pyridine rings is 1. The number of carbonyl (C=O) groups excluding carboxylic acids is 1. The molecule has 2 aromatic rings. The van der Waals surface area contributed by atoms with Gasteiger partial charge in [-0.3, -0.25) is 9.59 Å². The van der Waals surface area contributed by atoms with Crippen LogP contribution in [0.3, 0.4) is 0 Å². The normalized spacial score (nSPS) is 21.6. The monoisotopic (exact) mass is 339 g/mol. The summed E-state index contributed by atoms with van der Waals surface area (Å²) in [5, 5.41) is 9.99. The van der Waals surface area contributed by atoms with E-state index in [1.807, 2.05) is 37.1 Å². The summed E-state index contributed by atoms with van der Waals surface area (Å²) in [6.45, 7) is 2.58. The molecule has 6 nitrogen and oxygen atoms in total. The Bertz CT molecular complexity index is 836. The number of nitrogens with two attached hydrogens (primary N) is 1. The van der Waals surface area contributed by atoms with Gasteiger partial charge < -0.3 is 15.7 Å². The van der Waals surface area contributed by atoms with Gasteiger partial charge in [-0.15, -0.1) is 0 Å². The van der Waals surface area contributed by atoms with Gasteiger partial charge in [0.2, 0.25) is 0 Å². The van der Waals surface area contributed by atoms with E-state index < -0.39 is 23.2 Å². The molecule has 2 atom stereocenters. The van der Waals surface area contributed by atoms with E-state index in [0.717, 1.165) is 5.56 Å². The summed E-state index contributed by atoms with van der Waals surface area (Å²) in [7, 11) is 1.82. The second-order valence-corrected chi connectivity index (χ2v) is 6.35. The van der Waals surface area contributed by atoms with Crippen molar-refractivity contribution in [2.24, 2.45) is 11.1 Å². The van der Waals surface area contributed by atoms with Gasteiger partial charge in [-0.05, 0) is 36.6 Å². The van der Waals surface area contributed by atoms with Crippen LogP contribution in [0.1, 0.15) is 34.5 Å². The van der Waals surface area contributed by atoms with E-state index in [1.54, 1.807) is 24.4 Å². The summed E-state index contributed by atoms with van der Waals surface area (Å²) in [5.41, 5.74) is 6.39. The average molecular weight is 339 g/mol. The van der Waals surface area contributed by atoms with Crippen molar-refractivity contribution >= 4 is 17.6 Å². The van der Waals surface area contributed by atoms with Crippen molar-refractivity contribution in [2.45, 2.75) is 19.4 Å². The third kappa shape index (κ3) is 2.49. The zero-order valence-corrected chi connectivity index (χ0v) is 14.3. The molecule has 0 saturated heterocycles. The van der Waals surface area contributed by atoms with Gasteiger partial charge in [0.05, 0.1) is 11.6 Å². The first-order chi connectivity index (χ1) is 11.9. The molecule has 3 rings (SSSR count). The fraction of sp³-hybridized carbons (Fsp3) is 0.316. The average Bonchev–Trinajstić information content (AvgIpc) is 2.94. The van der Waals surface area contributed by atoms with Crippen molar-refractivity contribution in [2.75, 3.05) is 18.5 Å². The molecule has 1 aliphatic rings. The van der Waals surface area contributed by atoms with Crippen LogP contribution in [0.2, 0.25) is 0 Å². The molecule has 0 fully saturated rings. The summed E-state index contributed by atoms with van der Waals surface area (Å²) in [6.07, 6.45) is 1.68. The van der Waals surface area contributed by atoms with Gasteiger partial charge in [-0.1, -0.05) is 24.3 Å². The minimum absolute atomic E-state index is 0.0860. The highest BCUT2D eigenvalue weighted by Gasteiger charge is 2.56. The molecule has 1 aromatic heterocycles. The van der Waals surface area contributed by atoms with E-state index in [9.17, 15) is 14.7 Å². The highest BCUT2D eigenvalue weighted by atomic mass is 16.4. The maximum Gasteiger partial charge on any atom is 0.319 e. The zero-order chi connectivity index (χ0) is 18.2. The van der Waals surface area contributed by atoms with Crippen LogP contribution >= 0.6 is 0 Å². The minimum atomic E-state index is -1.71. The number of aromatic nitrogens is 1.